The molecule has 0 saturated heterocycles. The number of imidazole rings is 1. The fourth-order valence-electron chi connectivity index (χ4n) is 1.46. The van der Waals surface area contributed by atoms with Gasteiger partial charge in [0.05, 0.1) is 12.5 Å². The van der Waals surface area contributed by atoms with Crippen molar-refractivity contribution in [2.45, 2.75) is 6.92 Å². The molecule has 3 nitrogen and oxygen atoms in total. The van der Waals surface area contributed by atoms with Crippen molar-refractivity contribution in [3.8, 4) is 0 Å². The first kappa shape index (κ1) is 10.9. The van der Waals surface area contributed by atoms with Crippen molar-refractivity contribution in [1.29, 1.82) is 0 Å². The van der Waals surface area contributed by atoms with E-state index in [0.29, 0.717) is 16.3 Å². The van der Waals surface area contributed by atoms with E-state index in [0.717, 1.165) is 5.56 Å². The van der Waals surface area contributed by atoms with Crippen LogP contribution in [0.4, 0.5) is 0 Å². The number of aryl methyl sites for hydroxylation is 2. The molecule has 0 aliphatic rings. The minimum absolute atomic E-state index is 0.0677. The van der Waals surface area contributed by atoms with E-state index in [2.05, 4.69) is 4.98 Å². The first-order valence-electron chi connectivity index (χ1n) is 4.87. The van der Waals surface area contributed by atoms with E-state index >= 15 is 0 Å². The fourth-order valence-corrected chi connectivity index (χ4v) is 1.64. The molecular formula is C12H11ClN2O. The Morgan fingerprint density at radius 1 is 1.44 bits per heavy atom. The third-order valence-corrected chi connectivity index (χ3v) is 2.89. The highest BCUT2D eigenvalue weighted by Gasteiger charge is 2.13. The molecule has 0 N–H and O–H groups in total. The van der Waals surface area contributed by atoms with E-state index in [1.807, 2.05) is 13.0 Å². The van der Waals surface area contributed by atoms with Crippen LogP contribution >= 0.6 is 11.6 Å². The Morgan fingerprint density at radius 2 is 2.19 bits per heavy atom. The van der Waals surface area contributed by atoms with Gasteiger partial charge in [0.1, 0.15) is 5.69 Å². The summed E-state index contributed by atoms with van der Waals surface area (Å²) in [5.41, 5.74) is 2.10. The van der Waals surface area contributed by atoms with E-state index in [9.17, 15) is 4.79 Å². The second-order valence-corrected chi connectivity index (χ2v) is 4.09. The van der Waals surface area contributed by atoms with Gasteiger partial charge in [-0.3, -0.25) is 4.79 Å². The molecule has 0 aliphatic heterocycles. The lowest BCUT2D eigenvalue weighted by molar-refractivity contribution is 0.103. The molecule has 82 valence electrons. The van der Waals surface area contributed by atoms with Gasteiger partial charge in [-0.25, -0.2) is 4.98 Å². The number of aromatic nitrogens is 2. The molecule has 0 saturated carbocycles. The second-order valence-electron chi connectivity index (χ2n) is 3.68. The molecular weight excluding hydrogens is 224 g/mol. The van der Waals surface area contributed by atoms with Crippen LogP contribution in [0.1, 0.15) is 21.6 Å². The normalized spacial score (nSPS) is 10.4. The molecule has 2 rings (SSSR count). The number of hydrogen-bond acceptors (Lipinski definition) is 2. The van der Waals surface area contributed by atoms with Gasteiger partial charge in [0.2, 0.25) is 5.78 Å². The van der Waals surface area contributed by atoms with Crippen molar-refractivity contribution < 1.29 is 4.79 Å². The minimum Gasteiger partial charge on any atom is -0.331 e. The molecule has 0 radical (unpaired) electrons. The highest BCUT2D eigenvalue weighted by atomic mass is 35.5. The number of hydrogen-bond donors (Lipinski definition) is 0. The Labute approximate surface area is 98.7 Å². The van der Waals surface area contributed by atoms with E-state index in [1.54, 1.807) is 36.3 Å². The quantitative estimate of drug-likeness (QED) is 0.749. The molecule has 0 aliphatic carbocycles. The van der Waals surface area contributed by atoms with Crippen LogP contribution in [0.3, 0.4) is 0 Å². The Hall–Kier alpha value is -1.61. The summed E-state index contributed by atoms with van der Waals surface area (Å²) in [7, 11) is 1.79. The zero-order chi connectivity index (χ0) is 11.7. The van der Waals surface area contributed by atoms with E-state index in [-0.39, 0.29) is 5.78 Å². The SMILES string of the molecule is Cc1ccc(C(=O)c2cncn2C)cc1Cl. The summed E-state index contributed by atoms with van der Waals surface area (Å²) < 4.78 is 1.69. The molecule has 1 aromatic heterocycles. The summed E-state index contributed by atoms with van der Waals surface area (Å²) in [6, 6.07) is 5.30. The fraction of sp³-hybridized carbons (Fsp3) is 0.167. The average molecular weight is 235 g/mol. The summed E-state index contributed by atoms with van der Waals surface area (Å²) >= 11 is 5.98. The highest BCUT2D eigenvalue weighted by Crippen LogP contribution is 2.18. The molecule has 1 aromatic carbocycles. The van der Waals surface area contributed by atoms with Crippen molar-refractivity contribution in [3.63, 3.8) is 0 Å². The topological polar surface area (TPSA) is 34.9 Å². The lowest BCUT2D eigenvalue weighted by Gasteiger charge is -2.03. The molecule has 0 atom stereocenters. The van der Waals surface area contributed by atoms with Gasteiger partial charge in [-0.15, -0.1) is 0 Å². The van der Waals surface area contributed by atoms with Crippen LogP contribution < -0.4 is 0 Å². The summed E-state index contributed by atoms with van der Waals surface area (Å²) in [6.45, 7) is 1.90. The molecule has 4 heteroatoms. The average Bonchev–Trinajstić information content (AvgIpc) is 2.67. The number of benzene rings is 1. The van der Waals surface area contributed by atoms with Crippen LogP contribution in [0.15, 0.2) is 30.7 Å². The smallest absolute Gasteiger partial charge is 0.211 e. The number of nitrogens with zero attached hydrogens (tertiary/aromatic N) is 2. The Balaban J connectivity index is 2.42. The maximum atomic E-state index is 12.1. The zero-order valence-corrected chi connectivity index (χ0v) is 9.82. The first-order valence-corrected chi connectivity index (χ1v) is 5.24. The summed E-state index contributed by atoms with van der Waals surface area (Å²) in [5, 5.41) is 0.605. The number of carbonyl (C=O) groups excluding carboxylic acids is 1. The number of carbonyl (C=O) groups is 1. The maximum Gasteiger partial charge on any atom is 0.211 e. The standard InChI is InChI=1S/C12H11ClN2O/c1-8-3-4-9(5-10(8)13)12(16)11-6-14-7-15(11)2/h3-7H,1-2H3. The Bertz CT molecular complexity index is 546. The summed E-state index contributed by atoms with van der Waals surface area (Å²) in [6.07, 6.45) is 3.15. The van der Waals surface area contributed by atoms with Gasteiger partial charge in [-0.05, 0) is 18.6 Å². The molecule has 0 spiro atoms. The molecule has 0 fully saturated rings. The third kappa shape index (κ3) is 1.86. The summed E-state index contributed by atoms with van der Waals surface area (Å²) in [5.74, 6) is -0.0677. The molecule has 16 heavy (non-hydrogen) atoms. The predicted molar refractivity (Wildman–Crippen MR) is 62.8 cm³/mol. The monoisotopic (exact) mass is 234 g/mol. The van der Waals surface area contributed by atoms with E-state index in [4.69, 9.17) is 11.6 Å². The zero-order valence-electron chi connectivity index (χ0n) is 9.07. The van der Waals surface area contributed by atoms with Gasteiger partial charge in [0, 0.05) is 17.6 Å². The largest absolute Gasteiger partial charge is 0.331 e. The summed E-state index contributed by atoms with van der Waals surface area (Å²) in [4.78, 5) is 16.0. The van der Waals surface area contributed by atoms with Crippen molar-refractivity contribution in [2.75, 3.05) is 0 Å². The van der Waals surface area contributed by atoms with Gasteiger partial charge in [0.15, 0.2) is 0 Å². The molecule has 0 bridgehead atoms. The van der Waals surface area contributed by atoms with Crippen LogP contribution in [0, 0.1) is 6.92 Å². The van der Waals surface area contributed by atoms with Crippen molar-refractivity contribution in [1.82, 2.24) is 9.55 Å². The number of halogens is 1. The Kier molecular flexibility index (Phi) is 2.79. The maximum absolute atomic E-state index is 12.1. The van der Waals surface area contributed by atoms with E-state index < -0.39 is 0 Å². The highest BCUT2D eigenvalue weighted by molar-refractivity contribution is 6.31. The second kappa shape index (κ2) is 4.10. The van der Waals surface area contributed by atoms with Gasteiger partial charge < -0.3 is 4.57 Å². The number of rotatable bonds is 2. The number of ketones is 1. The lowest BCUT2D eigenvalue weighted by atomic mass is 10.1. The van der Waals surface area contributed by atoms with Crippen molar-refractivity contribution in [3.05, 3.63) is 52.6 Å². The minimum atomic E-state index is -0.0677. The predicted octanol–water partition coefficient (Wildman–Crippen LogP) is 2.61. The van der Waals surface area contributed by atoms with Crippen LogP contribution in [0.2, 0.25) is 5.02 Å². The van der Waals surface area contributed by atoms with Crippen LogP contribution in [-0.4, -0.2) is 15.3 Å². The van der Waals surface area contributed by atoms with Gasteiger partial charge in [0.25, 0.3) is 0 Å². The molecule has 0 amide bonds. The Morgan fingerprint density at radius 3 is 2.75 bits per heavy atom. The van der Waals surface area contributed by atoms with Crippen LogP contribution in [-0.2, 0) is 7.05 Å². The van der Waals surface area contributed by atoms with Gasteiger partial charge in [-0.1, -0.05) is 23.7 Å². The first-order chi connectivity index (χ1) is 7.59. The van der Waals surface area contributed by atoms with Gasteiger partial charge in [-0.2, -0.15) is 0 Å². The van der Waals surface area contributed by atoms with Gasteiger partial charge >= 0.3 is 0 Å². The van der Waals surface area contributed by atoms with Crippen LogP contribution in [0.25, 0.3) is 0 Å². The van der Waals surface area contributed by atoms with Crippen molar-refractivity contribution in [2.24, 2.45) is 7.05 Å². The molecule has 0 unspecified atom stereocenters. The van der Waals surface area contributed by atoms with Crippen molar-refractivity contribution >= 4 is 17.4 Å². The van der Waals surface area contributed by atoms with E-state index in [1.165, 1.54) is 0 Å². The molecule has 1 heterocycles. The van der Waals surface area contributed by atoms with Crippen LogP contribution in [0.5, 0.6) is 0 Å². The third-order valence-electron chi connectivity index (χ3n) is 2.48. The lowest BCUT2D eigenvalue weighted by Crippen LogP contribution is -2.06. The molecule has 2 aromatic rings.